The van der Waals surface area contributed by atoms with Gasteiger partial charge in [-0.3, -0.25) is 0 Å². The van der Waals surface area contributed by atoms with Gasteiger partial charge < -0.3 is 10.1 Å². The Hall–Kier alpha value is -1.34. The van der Waals surface area contributed by atoms with E-state index in [0.717, 1.165) is 19.3 Å². The van der Waals surface area contributed by atoms with Gasteiger partial charge in [-0.2, -0.15) is 4.31 Å². The van der Waals surface area contributed by atoms with Crippen molar-refractivity contribution in [2.45, 2.75) is 31.1 Å². The summed E-state index contributed by atoms with van der Waals surface area (Å²) in [6, 6.07) is 1.17. The fourth-order valence-electron chi connectivity index (χ4n) is 2.37. The van der Waals surface area contributed by atoms with Crippen molar-refractivity contribution < 1.29 is 18.3 Å². The average molecular weight is 286 g/mol. The van der Waals surface area contributed by atoms with Crippen LogP contribution in [0.2, 0.25) is 0 Å². The minimum absolute atomic E-state index is 0.0293. The number of rotatable bonds is 4. The van der Waals surface area contributed by atoms with Crippen molar-refractivity contribution >= 4 is 16.0 Å². The lowest BCUT2D eigenvalue weighted by molar-refractivity contribution is 0.0691. The summed E-state index contributed by atoms with van der Waals surface area (Å²) in [5, 5.41) is 8.81. The summed E-state index contributed by atoms with van der Waals surface area (Å²) < 4.78 is 26.3. The molecule has 0 radical (unpaired) electrons. The summed E-state index contributed by atoms with van der Waals surface area (Å²) >= 11 is 0. The van der Waals surface area contributed by atoms with E-state index in [0.29, 0.717) is 19.0 Å². The van der Waals surface area contributed by atoms with E-state index in [-0.39, 0.29) is 10.6 Å². The van der Waals surface area contributed by atoms with E-state index in [2.05, 4.69) is 11.9 Å². The van der Waals surface area contributed by atoms with E-state index >= 15 is 0 Å². The van der Waals surface area contributed by atoms with Gasteiger partial charge in [0, 0.05) is 19.3 Å². The highest BCUT2D eigenvalue weighted by atomic mass is 32.2. The van der Waals surface area contributed by atoms with Gasteiger partial charge in [0.1, 0.15) is 10.6 Å². The molecule has 1 aliphatic heterocycles. The van der Waals surface area contributed by atoms with Crippen molar-refractivity contribution in [3.8, 4) is 0 Å². The molecule has 1 unspecified atom stereocenters. The number of aromatic nitrogens is 1. The molecule has 6 nitrogen and oxygen atoms in total. The standard InChI is InChI=1S/C12H18N2O4S/c1-2-9-4-3-5-14(8-9)19(17,18)10-6-11(12(15)16)13-7-10/h6-7,9,13H,2-5,8H2,1H3,(H,15,16). The molecular weight excluding hydrogens is 268 g/mol. The maximum atomic E-state index is 12.4. The summed E-state index contributed by atoms with van der Waals surface area (Å²) in [5.74, 6) is -0.770. The zero-order chi connectivity index (χ0) is 14.0. The maximum Gasteiger partial charge on any atom is 0.352 e. The van der Waals surface area contributed by atoms with E-state index in [1.54, 1.807) is 0 Å². The van der Waals surface area contributed by atoms with Crippen LogP contribution in [0.4, 0.5) is 0 Å². The number of carbonyl (C=O) groups is 1. The number of aromatic amines is 1. The van der Waals surface area contributed by atoms with Gasteiger partial charge in [-0.25, -0.2) is 13.2 Å². The number of piperidine rings is 1. The Labute approximate surface area is 112 Å². The smallest absolute Gasteiger partial charge is 0.352 e. The molecule has 1 atom stereocenters. The minimum atomic E-state index is -3.58. The van der Waals surface area contributed by atoms with Crippen molar-refractivity contribution in [1.82, 2.24) is 9.29 Å². The number of nitrogens with one attached hydrogen (secondary N) is 1. The van der Waals surface area contributed by atoms with E-state index in [4.69, 9.17) is 5.11 Å². The first kappa shape index (κ1) is 14.1. The van der Waals surface area contributed by atoms with Crippen molar-refractivity contribution in [1.29, 1.82) is 0 Å². The third-order valence-corrected chi connectivity index (χ3v) is 5.43. The predicted molar refractivity (Wildman–Crippen MR) is 69.5 cm³/mol. The van der Waals surface area contributed by atoms with E-state index in [9.17, 15) is 13.2 Å². The number of hydrogen-bond donors (Lipinski definition) is 2. The van der Waals surface area contributed by atoms with Crippen LogP contribution in [0.3, 0.4) is 0 Å². The first-order chi connectivity index (χ1) is 8.95. The molecule has 0 amide bonds. The van der Waals surface area contributed by atoms with Crippen molar-refractivity contribution in [2.24, 2.45) is 5.92 Å². The van der Waals surface area contributed by atoms with Crippen LogP contribution in [-0.2, 0) is 10.0 Å². The number of sulfonamides is 1. The SMILES string of the molecule is CCC1CCCN(S(=O)(=O)c2c[nH]c(C(=O)O)c2)C1. The Bertz CT molecular complexity index is 564. The highest BCUT2D eigenvalue weighted by Crippen LogP contribution is 2.25. The number of carboxylic acid groups (broad SMARTS) is 1. The molecular formula is C12H18N2O4S. The molecule has 106 valence electrons. The first-order valence-electron chi connectivity index (χ1n) is 6.37. The van der Waals surface area contributed by atoms with Crippen LogP contribution < -0.4 is 0 Å². The van der Waals surface area contributed by atoms with Crippen LogP contribution in [-0.4, -0.2) is 41.9 Å². The second-order valence-corrected chi connectivity index (χ2v) is 6.77. The number of hydrogen-bond acceptors (Lipinski definition) is 3. The molecule has 1 saturated heterocycles. The summed E-state index contributed by atoms with van der Waals surface area (Å²) in [5.41, 5.74) is -0.109. The summed E-state index contributed by atoms with van der Waals surface area (Å²) in [7, 11) is -3.58. The van der Waals surface area contributed by atoms with Crippen LogP contribution in [0.5, 0.6) is 0 Å². The highest BCUT2D eigenvalue weighted by molar-refractivity contribution is 7.89. The van der Waals surface area contributed by atoms with Gasteiger partial charge in [0.25, 0.3) is 0 Å². The molecule has 0 aliphatic carbocycles. The zero-order valence-corrected chi connectivity index (χ0v) is 11.6. The molecule has 19 heavy (non-hydrogen) atoms. The zero-order valence-electron chi connectivity index (χ0n) is 10.8. The van der Waals surface area contributed by atoms with Crippen LogP contribution in [0.15, 0.2) is 17.2 Å². The van der Waals surface area contributed by atoms with Crippen molar-refractivity contribution in [3.63, 3.8) is 0 Å². The monoisotopic (exact) mass is 286 g/mol. The van der Waals surface area contributed by atoms with E-state index in [1.807, 2.05) is 0 Å². The van der Waals surface area contributed by atoms with Crippen molar-refractivity contribution in [3.05, 3.63) is 18.0 Å². The van der Waals surface area contributed by atoms with Crippen LogP contribution in [0.25, 0.3) is 0 Å². The van der Waals surface area contributed by atoms with Gasteiger partial charge in [-0.15, -0.1) is 0 Å². The third kappa shape index (κ3) is 2.82. The summed E-state index contributed by atoms with van der Waals surface area (Å²) in [4.78, 5) is 13.3. The Morgan fingerprint density at radius 3 is 2.89 bits per heavy atom. The normalized spacial score (nSPS) is 21.4. The highest BCUT2D eigenvalue weighted by Gasteiger charge is 2.30. The van der Waals surface area contributed by atoms with E-state index in [1.165, 1.54) is 16.6 Å². The number of aromatic carboxylic acids is 1. The molecule has 0 spiro atoms. The Morgan fingerprint density at radius 2 is 2.32 bits per heavy atom. The Kier molecular flexibility index (Phi) is 3.96. The number of nitrogens with zero attached hydrogens (tertiary/aromatic N) is 1. The quantitative estimate of drug-likeness (QED) is 0.878. The molecule has 1 fully saturated rings. The lowest BCUT2D eigenvalue weighted by Crippen LogP contribution is -2.39. The fourth-order valence-corrected chi connectivity index (χ4v) is 3.92. The molecule has 1 aromatic rings. The Balaban J connectivity index is 2.23. The van der Waals surface area contributed by atoms with Crippen LogP contribution in [0.1, 0.15) is 36.7 Å². The van der Waals surface area contributed by atoms with Crippen LogP contribution in [0, 0.1) is 5.92 Å². The average Bonchev–Trinajstić information content (AvgIpc) is 2.89. The molecule has 0 aromatic carbocycles. The molecule has 2 heterocycles. The maximum absolute atomic E-state index is 12.4. The third-order valence-electron chi connectivity index (χ3n) is 3.58. The van der Waals surface area contributed by atoms with Gasteiger partial charge in [0.2, 0.25) is 10.0 Å². The second-order valence-electron chi connectivity index (χ2n) is 4.83. The van der Waals surface area contributed by atoms with E-state index < -0.39 is 16.0 Å². The Morgan fingerprint density at radius 1 is 1.58 bits per heavy atom. The van der Waals surface area contributed by atoms with Gasteiger partial charge in [0.05, 0.1) is 0 Å². The molecule has 1 aliphatic rings. The summed E-state index contributed by atoms with van der Waals surface area (Å²) in [6.45, 7) is 3.08. The molecule has 0 saturated carbocycles. The van der Waals surface area contributed by atoms with Gasteiger partial charge in [-0.1, -0.05) is 13.3 Å². The minimum Gasteiger partial charge on any atom is -0.477 e. The van der Waals surface area contributed by atoms with Gasteiger partial charge >= 0.3 is 5.97 Å². The van der Waals surface area contributed by atoms with Crippen molar-refractivity contribution in [2.75, 3.05) is 13.1 Å². The van der Waals surface area contributed by atoms with Gasteiger partial charge in [-0.05, 0) is 24.8 Å². The lowest BCUT2D eigenvalue weighted by Gasteiger charge is -2.31. The predicted octanol–water partition coefficient (Wildman–Crippen LogP) is 1.52. The fraction of sp³-hybridized carbons (Fsp3) is 0.583. The molecule has 0 bridgehead atoms. The first-order valence-corrected chi connectivity index (χ1v) is 7.81. The van der Waals surface area contributed by atoms with Gasteiger partial charge in [0.15, 0.2) is 0 Å². The van der Waals surface area contributed by atoms with Crippen LogP contribution >= 0.6 is 0 Å². The second kappa shape index (κ2) is 5.34. The molecule has 7 heteroatoms. The molecule has 2 N–H and O–H groups in total. The molecule has 1 aromatic heterocycles. The molecule has 2 rings (SSSR count). The largest absolute Gasteiger partial charge is 0.477 e. The summed E-state index contributed by atoms with van der Waals surface area (Å²) in [6.07, 6.45) is 4.11. The lowest BCUT2D eigenvalue weighted by atomic mass is 9.97. The number of H-pyrrole nitrogens is 1. The number of carboxylic acids is 1. The topological polar surface area (TPSA) is 90.5 Å².